The second-order valence-electron chi connectivity index (χ2n) is 5.13. The lowest BCUT2D eigenvalue weighted by molar-refractivity contribution is 0.516. The van der Waals surface area contributed by atoms with E-state index in [2.05, 4.69) is 57.8 Å². The average molecular weight is 270 g/mol. The van der Waals surface area contributed by atoms with Crippen LogP contribution in [0.2, 0.25) is 0 Å². The van der Waals surface area contributed by atoms with E-state index in [0.717, 1.165) is 5.66 Å². The Bertz CT molecular complexity index is 406. The Morgan fingerprint density at radius 3 is 1.37 bits per heavy atom. The molecule has 1 saturated carbocycles. The van der Waals surface area contributed by atoms with Gasteiger partial charge in [0, 0.05) is 0 Å². The lowest BCUT2D eigenvalue weighted by Gasteiger charge is -2.15. The molecule has 1 unspecified atom stereocenters. The van der Waals surface area contributed by atoms with Crippen molar-refractivity contribution in [1.82, 2.24) is 0 Å². The minimum absolute atomic E-state index is 0.953. The van der Waals surface area contributed by atoms with Crippen molar-refractivity contribution in [2.45, 2.75) is 37.8 Å². The van der Waals surface area contributed by atoms with Gasteiger partial charge in [-0.2, -0.15) is 0 Å². The molecule has 0 saturated heterocycles. The van der Waals surface area contributed by atoms with Crippen LogP contribution in [0, 0.1) is 0 Å². The van der Waals surface area contributed by atoms with Gasteiger partial charge in [-0.1, -0.05) is 79.9 Å². The highest BCUT2D eigenvalue weighted by Crippen LogP contribution is 2.23. The van der Waals surface area contributed by atoms with Crippen molar-refractivity contribution in [3.8, 4) is 11.1 Å². The Morgan fingerprint density at radius 1 is 0.632 bits per heavy atom. The van der Waals surface area contributed by atoms with E-state index >= 15 is 0 Å². The second kappa shape index (κ2) is 8.12. The van der Waals surface area contributed by atoms with Gasteiger partial charge in [0.05, 0.1) is 0 Å². The molecule has 0 nitrogen and oxygen atoms in total. The standard InChI is InChI=1S/C12H10.C6H13P/c1-3-7-11(8-4-1)12-9-5-2-6-10-12;7-6-4-2-1-3-5-6/h1-10H;6H,1-5,7H2. The van der Waals surface area contributed by atoms with Gasteiger partial charge in [0.25, 0.3) is 0 Å². The lowest BCUT2D eigenvalue weighted by atomic mass is 10.0. The molecule has 3 rings (SSSR count). The summed E-state index contributed by atoms with van der Waals surface area (Å²) < 4.78 is 0. The first-order chi connectivity index (χ1) is 9.36. The maximum Gasteiger partial charge on any atom is -0.0184 e. The summed E-state index contributed by atoms with van der Waals surface area (Å²) in [5.74, 6) is 0. The normalized spacial score (nSPS) is 15.4. The van der Waals surface area contributed by atoms with Crippen LogP contribution in [0.15, 0.2) is 60.7 Å². The van der Waals surface area contributed by atoms with Crippen molar-refractivity contribution in [2.24, 2.45) is 0 Å². The van der Waals surface area contributed by atoms with Crippen LogP contribution in [0.4, 0.5) is 0 Å². The summed E-state index contributed by atoms with van der Waals surface area (Å²) in [6.45, 7) is 0. The lowest BCUT2D eigenvalue weighted by Crippen LogP contribution is -2.02. The maximum atomic E-state index is 2.91. The topological polar surface area (TPSA) is 0 Å². The summed E-state index contributed by atoms with van der Waals surface area (Å²) in [4.78, 5) is 0. The number of hydrogen-bond donors (Lipinski definition) is 0. The molecule has 0 aromatic heterocycles. The smallest absolute Gasteiger partial charge is 0.0184 e. The van der Waals surface area contributed by atoms with E-state index in [9.17, 15) is 0 Å². The number of rotatable bonds is 1. The van der Waals surface area contributed by atoms with E-state index in [1.807, 2.05) is 12.1 Å². The molecule has 2 aromatic carbocycles. The van der Waals surface area contributed by atoms with E-state index < -0.39 is 0 Å². The van der Waals surface area contributed by atoms with Crippen LogP contribution in [0.3, 0.4) is 0 Å². The third kappa shape index (κ3) is 5.17. The molecule has 1 heteroatoms. The Labute approximate surface area is 119 Å². The molecule has 1 aliphatic carbocycles. The van der Waals surface area contributed by atoms with Crippen LogP contribution in [0.5, 0.6) is 0 Å². The molecule has 0 heterocycles. The minimum Gasteiger partial charge on any atom is -0.134 e. The summed E-state index contributed by atoms with van der Waals surface area (Å²) in [7, 11) is 2.91. The van der Waals surface area contributed by atoms with Crippen LogP contribution >= 0.6 is 9.24 Å². The van der Waals surface area contributed by atoms with Crippen molar-refractivity contribution in [2.75, 3.05) is 0 Å². The van der Waals surface area contributed by atoms with E-state index in [4.69, 9.17) is 0 Å². The van der Waals surface area contributed by atoms with Gasteiger partial charge in [-0.15, -0.1) is 9.24 Å². The zero-order chi connectivity index (χ0) is 13.3. The molecule has 0 amide bonds. The first kappa shape index (κ1) is 14.3. The molecular formula is C18H23P. The van der Waals surface area contributed by atoms with E-state index in [0.29, 0.717) is 0 Å². The predicted molar refractivity (Wildman–Crippen MR) is 88.5 cm³/mol. The molecule has 0 radical (unpaired) electrons. The van der Waals surface area contributed by atoms with E-state index in [1.54, 1.807) is 0 Å². The first-order valence-electron chi connectivity index (χ1n) is 7.22. The van der Waals surface area contributed by atoms with Crippen LogP contribution in [-0.2, 0) is 0 Å². The average Bonchev–Trinajstić information content (AvgIpc) is 2.51. The largest absolute Gasteiger partial charge is 0.134 e. The monoisotopic (exact) mass is 270 g/mol. The minimum atomic E-state index is 0.953. The highest BCUT2D eigenvalue weighted by atomic mass is 31.0. The van der Waals surface area contributed by atoms with Crippen molar-refractivity contribution in [3.63, 3.8) is 0 Å². The van der Waals surface area contributed by atoms with Crippen molar-refractivity contribution < 1.29 is 0 Å². The summed E-state index contributed by atoms with van der Waals surface area (Å²) >= 11 is 0. The molecule has 0 aliphatic heterocycles. The fourth-order valence-corrected chi connectivity index (χ4v) is 2.87. The highest BCUT2D eigenvalue weighted by Gasteiger charge is 2.06. The first-order valence-corrected chi connectivity index (χ1v) is 7.89. The van der Waals surface area contributed by atoms with Gasteiger partial charge in [0.2, 0.25) is 0 Å². The number of hydrogen-bond acceptors (Lipinski definition) is 0. The Morgan fingerprint density at radius 2 is 1.05 bits per heavy atom. The maximum absolute atomic E-state index is 2.91. The molecule has 100 valence electrons. The summed E-state index contributed by atoms with van der Waals surface area (Å²) in [5.41, 5.74) is 3.50. The fourth-order valence-electron chi connectivity index (χ4n) is 2.40. The SMILES string of the molecule is PC1CCCCC1.c1ccc(-c2ccccc2)cc1. The fraction of sp³-hybridized carbons (Fsp3) is 0.333. The van der Waals surface area contributed by atoms with Crippen LogP contribution in [-0.4, -0.2) is 5.66 Å². The Kier molecular flexibility index (Phi) is 6.11. The molecular weight excluding hydrogens is 247 g/mol. The Hall–Kier alpha value is -1.13. The van der Waals surface area contributed by atoms with Gasteiger partial charge >= 0.3 is 0 Å². The van der Waals surface area contributed by atoms with Gasteiger partial charge in [-0.05, 0) is 29.6 Å². The predicted octanol–water partition coefficient (Wildman–Crippen LogP) is 5.55. The van der Waals surface area contributed by atoms with Gasteiger partial charge in [0.1, 0.15) is 0 Å². The zero-order valence-electron chi connectivity index (χ0n) is 11.5. The zero-order valence-corrected chi connectivity index (χ0v) is 12.6. The summed E-state index contributed by atoms with van der Waals surface area (Å²) in [6, 6.07) is 20.8. The van der Waals surface area contributed by atoms with Crippen LogP contribution in [0.25, 0.3) is 11.1 Å². The Balaban J connectivity index is 0.000000163. The van der Waals surface area contributed by atoms with E-state index in [1.165, 1.54) is 43.2 Å². The highest BCUT2D eigenvalue weighted by molar-refractivity contribution is 7.17. The molecule has 1 atom stereocenters. The summed E-state index contributed by atoms with van der Waals surface area (Å²) in [5, 5.41) is 0. The summed E-state index contributed by atoms with van der Waals surface area (Å²) in [6.07, 6.45) is 7.31. The van der Waals surface area contributed by atoms with Gasteiger partial charge in [-0.25, -0.2) is 0 Å². The quantitative estimate of drug-likeness (QED) is 0.596. The molecule has 1 aliphatic rings. The second-order valence-corrected chi connectivity index (χ2v) is 6.07. The molecule has 19 heavy (non-hydrogen) atoms. The third-order valence-corrected chi connectivity index (χ3v) is 4.20. The van der Waals surface area contributed by atoms with Gasteiger partial charge in [0.15, 0.2) is 0 Å². The molecule has 0 spiro atoms. The molecule has 0 bridgehead atoms. The van der Waals surface area contributed by atoms with Crippen LogP contribution in [0.1, 0.15) is 32.1 Å². The van der Waals surface area contributed by atoms with Crippen molar-refractivity contribution in [3.05, 3.63) is 60.7 Å². The molecule has 1 fully saturated rings. The molecule has 0 N–H and O–H groups in total. The van der Waals surface area contributed by atoms with Gasteiger partial charge in [-0.3, -0.25) is 0 Å². The van der Waals surface area contributed by atoms with Crippen molar-refractivity contribution >= 4 is 9.24 Å². The van der Waals surface area contributed by atoms with Gasteiger partial charge < -0.3 is 0 Å². The molecule has 2 aromatic rings. The van der Waals surface area contributed by atoms with E-state index in [-0.39, 0.29) is 0 Å². The third-order valence-electron chi connectivity index (χ3n) is 3.53. The van der Waals surface area contributed by atoms with Crippen molar-refractivity contribution in [1.29, 1.82) is 0 Å². The van der Waals surface area contributed by atoms with Crippen LogP contribution < -0.4 is 0 Å². The number of benzene rings is 2.